The van der Waals surface area contributed by atoms with Crippen LogP contribution < -0.4 is 9.47 Å². The van der Waals surface area contributed by atoms with E-state index in [2.05, 4.69) is 20.9 Å². The standard InChI is InChI=1S/C19H15BrFNO4/c1-3-25-17-14(20)7-11(9-16(17)24-2)8-15-19(23)26-18(22-15)12-5-4-6-13(21)10-12/h4-10H,3H2,1-2H3/b15-8-. The molecule has 3 rings (SSSR count). The average Bonchev–Trinajstić information content (AvgIpc) is 2.98. The van der Waals surface area contributed by atoms with Crippen LogP contribution in [0.3, 0.4) is 0 Å². The fourth-order valence-electron chi connectivity index (χ4n) is 2.42. The van der Waals surface area contributed by atoms with Gasteiger partial charge in [0.1, 0.15) is 5.82 Å². The molecule has 0 radical (unpaired) electrons. The first kappa shape index (κ1) is 18.1. The van der Waals surface area contributed by atoms with E-state index in [1.807, 2.05) is 6.92 Å². The van der Waals surface area contributed by atoms with E-state index in [1.54, 1.807) is 24.3 Å². The predicted octanol–water partition coefficient (Wildman–Crippen LogP) is 4.34. The molecule has 0 fully saturated rings. The molecular weight excluding hydrogens is 405 g/mol. The lowest BCUT2D eigenvalue weighted by atomic mass is 10.1. The maximum Gasteiger partial charge on any atom is 0.363 e. The van der Waals surface area contributed by atoms with Gasteiger partial charge in [-0.1, -0.05) is 6.07 Å². The molecule has 0 atom stereocenters. The van der Waals surface area contributed by atoms with Crippen LogP contribution >= 0.6 is 15.9 Å². The SMILES string of the molecule is CCOc1c(Br)cc(/C=C2\N=C(c3cccc(F)c3)OC2=O)cc1OC. The highest BCUT2D eigenvalue weighted by molar-refractivity contribution is 9.10. The smallest absolute Gasteiger partial charge is 0.363 e. The van der Waals surface area contributed by atoms with Crippen LogP contribution in [0, 0.1) is 5.82 Å². The first-order valence-corrected chi connectivity index (χ1v) is 8.60. The molecule has 26 heavy (non-hydrogen) atoms. The van der Waals surface area contributed by atoms with Gasteiger partial charge in [0.15, 0.2) is 17.2 Å². The number of hydrogen-bond donors (Lipinski definition) is 0. The Bertz CT molecular complexity index is 924. The van der Waals surface area contributed by atoms with E-state index in [0.717, 1.165) is 0 Å². The summed E-state index contributed by atoms with van der Waals surface area (Å²) < 4.78 is 30.1. The molecule has 0 bridgehead atoms. The van der Waals surface area contributed by atoms with Crippen molar-refractivity contribution >= 4 is 33.9 Å². The molecular formula is C19H15BrFNO4. The quantitative estimate of drug-likeness (QED) is 0.534. The summed E-state index contributed by atoms with van der Waals surface area (Å²) in [6.45, 7) is 2.36. The van der Waals surface area contributed by atoms with Crippen LogP contribution in [0.1, 0.15) is 18.1 Å². The molecule has 2 aromatic carbocycles. The van der Waals surface area contributed by atoms with E-state index in [1.165, 1.54) is 25.3 Å². The Hall–Kier alpha value is -2.67. The lowest BCUT2D eigenvalue weighted by molar-refractivity contribution is -0.129. The molecule has 0 aromatic heterocycles. The molecule has 1 aliphatic rings. The lowest BCUT2D eigenvalue weighted by Crippen LogP contribution is -2.05. The largest absolute Gasteiger partial charge is 0.493 e. The Morgan fingerprint density at radius 2 is 2.12 bits per heavy atom. The van der Waals surface area contributed by atoms with Gasteiger partial charge in [-0.15, -0.1) is 0 Å². The van der Waals surface area contributed by atoms with Gasteiger partial charge in [0.25, 0.3) is 0 Å². The van der Waals surface area contributed by atoms with Crippen LogP contribution in [0.2, 0.25) is 0 Å². The van der Waals surface area contributed by atoms with E-state index in [-0.39, 0.29) is 11.6 Å². The molecule has 0 saturated carbocycles. The minimum Gasteiger partial charge on any atom is -0.493 e. The van der Waals surface area contributed by atoms with E-state index in [4.69, 9.17) is 14.2 Å². The van der Waals surface area contributed by atoms with Crippen molar-refractivity contribution in [1.82, 2.24) is 0 Å². The van der Waals surface area contributed by atoms with Crippen molar-refractivity contribution in [2.24, 2.45) is 4.99 Å². The zero-order chi connectivity index (χ0) is 18.7. The van der Waals surface area contributed by atoms with Crippen LogP contribution in [-0.2, 0) is 9.53 Å². The van der Waals surface area contributed by atoms with E-state index in [0.29, 0.717) is 33.7 Å². The number of hydrogen-bond acceptors (Lipinski definition) is 5. The third-order valence-corrected chi connectivity index (χ3v) is 4.12. The third-order valence-electron chi connectivity index (χ3n) is 3.54. The van der Waals surface area contributed by atoms with E-state index in [9.17, 15) is 9.18 Å². The van der Waals surface area contributed by atoms with Crippen molar-refractivity contribution in [3.8, 4) is 11.5 Å². The minimum absolute atomic E-state index is 0.0673. The van der Waals surface area contributed by atoms with E-state index >= 15 is 0 Å². The minimum atomic E-state index is -0.603. The second kappa shape index (κ2) is 7.70. The summed E-state index contributed by atoms with van der Waals surface area (Å²) in [7, 11) is 1.53. The lowest BCUT2D eigenvalue weighted by Gasteiger charge is -2.12. The molecule has 2 aromatic rings. The normalized spacial score (nSPS) is 15.0. The van der Waals surface area contributed by atoms with Gasteiger partial charge < -0.3 is 14.2 Å². The number of esters is 1. The number of benzene rings is 2. The molecule has 5 nitrogen and oxygen atoms in total. The molecule has 134 valence electrons. The number of carbonyl (C=O) groups excluding carboxylic acids is 1. The van der Waals surface area contributed by atoms with Crippen molar-refractivity contribution in [1.29, 1.82) is 0 Å². The maximum atomic E-state index is 13.3. The Labute approximate surface area is 158 Å². The number of ether oxygens (including phenoxy) is 3. The molecule has 0 aliphatic carbocycles. The third kappa shape index (κ3) is 3.77. The molecule has 1 heterocycles. The molecule has 0 spiro atoms. The fourth-order valence-corrected chi connectivity index (χ4v) is 2.99. The van der Waals surface area contributed by atoms with Crippen LogP contribution in [0.4, 0.5) is 4.39 Å². The van der Waals surface area contributed by atoms with Gasteiger partial charge in [0.05, 0.1) is 18.2 Å². The van der Waals surface area contributed by atoms with Crippen molar-refractivity contribution in [3.05, 3.63) is 63.5 Å². The van der Waals surface area contributed by atoms with Gasteiger partial charge in [-0.05, 0) is 64.8 Å². The van der Waals surface area contributed by atoms with Gasteiger partial charge in [0.2, 0.25) is 5.90 Å². The molecule has 1 aliphatic heterocycles. The number of cyclic esters (lactones) is 1. The summed E-state index contributed by atoms with van der Waals surface area (Å²) >= 11 is 3.43. The summed E-state index contributed by atoms with van der Waals surface area (Å²) in [6, 6.07) is 9.22. The Balaban J connectivity index is 1.97. The molecule has 0 amide bonds. The van der Waals surface area contributed by atoms with Crippen LogP contribution in [0.15, 0.2) is 51.6 Å². The second-order valence-corrected chi connectivity index (χ2v) is 6.17. The highest BCUT2D eigenvalue weighted by Crippen LogP contribution is 2.37. The number of methoxy groups -OCH3 is 1. The van der Waals surface area contributed by atoms with Crippen LogP contribution in [0.25, 0.3) is 6.08 Å². The number of halogens is 2. The number of nitrogens with zero attached hydrogens (tertiary/aromatic N) is 1. The zero-order valence-corrected chi connectivity index (χ0v) is 15.7. The maximum absolute atomic E-state index is 13.3. The average molecular weight is 420 g/mol. The Morgan fingerprint density at radius 3 is 2.81 bits per heavy atom. The first-order chi connectivity index (χ1) is 12.5. The van der Waals surface area contributed by atoms with Crippen LogP contribution in [0.5, 0.6) is 11.5 Å². The number of aliphatic imine (C=N–C) groups is 1. The Kier molecular flexibility index (Phi) is 5.37. The molecule has 0 unspecified atom stereocenters. The van der Waals surface area contributed by atoms with Crippen molar-refractivity contribution < 1.29 is 23.4 Å². The summed E-state index contributed by atoms with van der Waals surface area (Å²) in [6.07, 6.45) is 1.57. The second-order valence-electron chi connectivity index (χ2n) is 5.31. The summed E-state index contributed by atoms with van der Waals surface area (Å²) in [4.78, 5) is 16.3. The van der Waals surface area contributed by atoms with Gasteiger partial charge >= 0.3 is 5.97 Å². The number of rotatable bonds is 5. The monoisotopic (exact) mass is 419 g/mol. The van der Waals surface area contributed by atoms with Crippen LogP contribution in [-0.4, -0.2) is 25.6 Å². The molecule has 0 saturated heterocycles. The van der Waals surface area contributed by atoms with Crippen molar-refractivity contribution in [3.63, 3.8) is 0 Å². The number of carbonyl (C=O) groups is 1. The molecule has 7 heteroatoms. The van der Waals surface area contributed by atoms with Gasteiger partial charge in [-0.3, -0.25) is 0 Å². The van der Waals surface area contributed by atoms with Gasteiger partial charge in [-0.25, -0.2) is 14.2 Å². The molecule has 0 N–H and O–H groups in total. The fraction of sp³-hybridized carbons (Fsp3) is 0.158. The summed E-state index contributed by atoms with van der Waals surface area (Å²) in [5, 5.41) is 0. The summed E-state index contributed by atoms with van der Waals surface area (Å²) in [5.41, 5.74) is 1.18. The van der Waals surface area contributed by atoms with Gasteiger partial charge in [0, 0.05) is 5.56 Å². The van der Waals surface area contributed by atoms with E-state index < -0.39 is 11.8 Å². The topological polar surface area (TPSA) is 57.1 Å². The first-order valence-electron chi connectivity index (χ1n) is 7.80. The highest BCUT2D eigenvalue weighted by Gasteiger charge is 2.24. The predicted molar refractivity (Wildman–Crippen MR) is 98.9 cm³/mol. The van der Waals surface area contributed by atoms with Crippen molar-refractivity contribution in [2.45, 2.75) is 6.92 Å². The van der Waals surface area contributed by atoms with Gasteiger partial charge in [-0.2, -0.15) is 0 Å². The zero-order valence-electron chi connectivity index (χ0n) is 14.1. The Morgan fingerprint density at radius 1 is 1.31 bits per heavy atom. The highest BCUT2D eigenvalue weighted by atomic mass is 79.9. The summed E-state index contributed by atoms with van der Waals surface area (Å²) in [5.74, 6) is 0.133. The van der Waals surface area contributed by atoms with Crippen molar-refractivity contribution in [2.75, 3.05) is 13.7 Å².